The van der Waals surface area contributed by atoms with Crippen LogP contribution < -0.4 is 0 Å². The molecular formula is C19H23FN4O3. The minimum absolute atomic E-state index is 0.0470. The fourth-order valence-electron chi connectivity index (χ4n) is 3.09. The second kappa shape index (κ2) is 7.48. The van der Waals surface area contributed by atoms with E-state index in [0.29, 0.717) is 36.5 Å². The minimum atomic E-state index is -0.993. The molecule has 2 amide bonds. The number of aliphatic hydroxyl groups excluding tert-OH is 1. The molecule has 144 valence electrons. The lowest BCUT2D eigenvalue weighted by Crippen LogP contribution is -2.38. The number of carbonyl (C=O) groups is 2. The third-order valence-electron chi connectivity index (χ3n) is 4.81. The number of nitrogens with zero attached hydrogens (tertiary/aromatic N) is 4. The highest BCUT2D eigenvalue weighted by Crippen LogP contribution is 2.23. The van der Waals surface area contributed by atoms with E-state index >= 15 is 0 Å². The number of aliphatic hydroxyl groups is 1. The predicted octanol–water partition coefficient (Wildman–Crippen LogP) is 1.50. The number of benzene rings is 1. The van der Waals surface area contributed by atoms with Crippen LogP contribution in [0.25, 0.3) is 0 Å². The van der Waals surface area contributed by atoms with Gasteiger partial charge in [0.1, 0.15) is 11.9 Å². The Kier molecular flexibility index (Phi) is 5.27. The Morgan fingerprint density at radius 3 is 2.78 bits per heavy atom. The molecule has 1 aromatic carbocycles. The summed E-state index contributed by atoms with van der Waals surface area (Å²) < 4.78 is 15.5. The normalized spacial score (nSPS) is 14.6. The molecule has 8 heteroatoms. The van der Waals surface area contributed by atoms with Crippen LogP contribution in [-0.2, 0) is 17.9 Å². The van der Waals surface area contributed by atoms with Crippen molar-refractivity contribution in [3.63, 3.8) is 0 Å². The van der Waals surface area contributed by atoms with Crippen molar-refractivity contribution >= 4 is 11.8 Å². The van der Waals surface area contributed by atoms with Crippen LogP contribution in [0.2, 0.25) is 0 Å². The first-order valence-corrected chi connectivity index (χ1v) is 8.77. The zero-order chi connectivity index (χ0) is 19.7. The Morgan fingerprint density at radius 1 is 1.33 bits per heavy atom. The minimum Gasteiger partial charge on any atom is -0.386 e. The van der Waals surface area contributed by atoms with Crippen LogP contribution in [0.1, 0.15) is 39.8 Å². The van der Waals surface area contributed by atoms with E-state index in [2.05, 4.69) is 5.10 Å². The Balaban J connectivity index is 1.75. The zero-order valence-electron chi connectivity index (χ0n) is 15.6. The van der Waals surface area contributed by atoms with Crippen LogP contribution in [-0.4, -0.2) is 57.1 Å². The predicted molar refractivity (Wildman–Crippen MR) is 96.4 cm³/mol. The number of halogens is 1. The SMILES string of the molecule is Cc1c(F)cccc1C(=O)N1CCn2nc([C@@H](O)CC(=O)N(C)C)cc2C1. The number of fused-ring (bicyclic) bond motifs is 1. The van der Waals surface area contributed by atoms with E-state index in [1.54, 1.807) is 42.7 Å². The number of hydrogen-bond donors (Lipinski definition) is 1. The standard InChI is InChI=1S/C19H23FN4O3/c1-12-14(5-4-6-15(12)20)19(27)23-7-8-24-13(11-23)9-16(21-24)17(25)10-18(26)22(2)3/h4-6,9,17,25H,7-8,10-11H2,1-3H3/t17-/m0/s1. The smallest absolute Gasteiger partial charge is 0.254 e. The van der Waals surface area contributed by atoms with Crippen molar-refractivity contribution in [2.75, 3.05) is 20.6 Å². The maximum absolute atomic E-state index is 13.8. The Bertz CT molecular complexity index is 878. The molecule has 0 bridgehead atoms. The van der Waals surface area contributed by atoms with Crippen LogP contribution >= 0.6 is 0 Å². The number of aromatic nitrogens is 2. The van der Waals surface area contributed by atoms with Crippen molar-refractivity contribution in [2.45, 2.75) is 32.5 Å². The summed E-state index contributed by atoms with van der Waals surface area (Å²) in [6.07, 6.45) is -1.04. The highest BCUT2D eigenvalue weighted by Gasteiger charge is 2.26. The van der Waals surface area contributed by atoms with Gasteiger partial charge in [0.15, 0.2) is 0 Å². The Labute approximate surface area is 157 Å². The summed E-state index contributed by atoms with van der Waals surface area (Å²) in [5.74, 6) is -0.824. The fraction of sp³-hybridized carbons (Fsp3) is 0.421. The maximum atomic E-state index is 13.8. The van der Waals surface area contributed by atoms with Gasteiger partial charge in [-0.15, -0.1) is 0 Å². The van der Waals surface area contributed by atoms with Crippen molar-refractivity contribution in [1.82, 2.24) is 19.6 Å². The van der Waals surface area contributed by atoms with Gasteiger partial charge in [-0.3, -0.25) is 14.3 Å². The van der Waals surface area contributed by atoms with E-state index in [0.717, 1.165) is 5.69 Å². The van der Waals surface area contributed by atoms with Crippen molar-refractivity contribution in [1.29, 1.82) is 0 Å². The molecule has 2 heterocycles. The average molecular weight is 374 g/mol. The van der Waals surface area contributed by atoms with Gasteiger partial charge in [0.2, 0.25) is 5.91 Å². The summed E-state index contributed by atoms with van der Waals surface area (Å²) in [6.45, 7) is 2.82. The second-order valence-corrected chi connectivity index (χ2v) is 6.93. The van der Waals surface area contributed by atoms with Gasteiger partial charge in [-0.25, -0.2) is 4.39 Å². The van der Waals surface area contributed by atoms with Crippen LogP contribution in [0, 0.1) is 12.7 Å². The molecule has 0 saturated heterocycles. The van der Waals surface area contributed by atoms with Gasteiger partial charge < -0.3 is 14.9 Å². The van der Waals surface area contributed by atoms with Gasteiger partial charge in [0, 0.05) is 26.2 Å². The van der Waals surface area contributed by atoms with Gasteiger partial charge in [-0.1, -0.05) is 6.07 Å². The van der Waals surface area contributed by atoms with Crippen molar-refractivity contribution in [3.8, 4) is 0 Å². The molecule has 0 unspecified atom stereocenters. The van der Waals surface area contributed by atoms with E-state index in [1.165, 1.54) is 17.0 Å². The average Bonchev–Trinajstić information content (AvgIpc) is 3.06. The third kappa shape index (κ3) is 3.85. The summed E-state index contributed by atoms with van der Waals surface area (Å²) >= 11 is 0. The van der Waals surface area contributed by atoms with E-state index < -0.39 is 11.9 Å². The lowest BCUT2D eigenvalue weighted by Gasteiger charge is -2.28. The van der Waals surface area contributed by atoms with E-state index in [4.69, 9.17) is 0 Å². The summed E-state index contributed by atoms with van der Waals surface area (Å²) in [6, 6.07) is 6.19. The summed E-state index contributed by atoms with van der Waals surface area (Å²) in [5, 5.41) is 14.6. The molecule has 0 aliphatic carbocycles. The molecule has 2 aromatic rings. The number of amides is 2. The van der Waals surface area contributed by atoms with Gasteiger partial charge in [0.25, 0.3) is 5.91 Å². The molecule has 1 N–H and O–H groups in total. The highest BCUT2D eigenvalue weighted by molar-refractivity contribution is 5.95. The van der Waals surface area contributed by atoms with Gasteiger partial charge in [-0.05, 0) is 30.7 Å². The largest absolute Gasteiger partial charge is 0.386 e. The molecule has 0 radical (unpaired) electrons. The second-order valence-electron chi connectivity index (χ2n) is 6.93. The first-order chi connectivity index (χ1) is 12.8. The molecule has 1 aliphatic rings. The molecule has 1 aromatic heterocycles. The van der Waals surface area contributed by atoms with Gasteiger partial charge in [-0.2, -0.15) is 5.10 Å². The molecule has 0 saturated carbocycles. The van der Waals surface area contributed by atoms with Crippen LogP contribution in [0.5, 0.6) is 0 Å². The van der Waals surface area contributed by atoms with Crippen LogP contribution in [0.3, 0.4) is 0 Å². The zero-order valence-corrected chi connectivity index (χ0v) is 15.6. The molecule has 0 spiro atoms. The molecular weight excluding hydrogens is 351 g/mol. The molecule has 7 nitrogen and oxygen atoms in total. The highest BCUT2D eigenvalue weighted by atomic mass is 19.1. The van der Waals surface area contributed by atoms with E-state index in [-0.39, 0.29) is 18.2 Å². The summed E-state index contributed by atoms with van der Waals surface area (Å²) in [5.41, 5.74) is 1.87. The maximum Gasteiger partial charge on any atom is 0.254 e. The lowest BCUT2D eigenvalue weighted by atomic mass is 10.1. The summed E-state index contributed by atoms with van der Waals surface area (Å²) in [7, 11) is 3.26. The fourth-order valence-corrected chi connectivity index (χ4v) is 3.09. The molecule has 1 aliphatic heterocycles. The van der Waals surface area contributed by atoms with Crippen LogP contribution in [0.15, 0.2) is 24.3 Å². The Hall–Kier alpha value is -2.74. The van der Waals surface area contributed by atoms with Gasteiger partial charge in [0.05, 0.1) is 30.9 Å². The van der Waals surface area contributed by atoms with Crippen molar-refractivity contribution < 1.29 is 19.1 Å². The van der Waals surface area contributed by atoms with Crippen LogP contribution in [0.4, 0.5) is 4.39 Å². The number of carbonyl (C=O) groups excluding carboxylic acids is 2. The molecule has 1 atom stereocenters. The summed E-state index contributed by atoms with van der Waals surface area (Å²) in [4.78, 5) is 27.6. The third-order valence-corrected chi connectivity index (χ3v) is 4.81. The monoisotopic (exact) mass is 374 g/mol. The molecule has 3 rings (SSSR count). The van der Waals surface area contributed by atoms with E-state index in [1.807, 2.05) is 0 Å². The van der Waals surface area contributed by atoms with Gasteiger partial charge >= 0.3 is 0 Å². The number of hydrogen-bond acceptors (Lipinski definition) is 4. The first kappa shape index (κ1) is 19.0. The van der Waals surface area contributed by atoms with E-state index in [9.17, 15) is 19.1 Å². The number of rotatable bonds is 4. The Morgan fingerprint density at radius 2 is 2.07 bits per heavy atom. The topological polar surface area (TPSA) is 78.7 Å². The van der Waals surface area contributed by atoms with Crippen molar-refractivity contribution in [2.24, 2.45) is 0 Å². The van der Waals surface area contributed by atoms with Crippen molar-refractivity contribution in [3.05, 3.63) is 52.6 Å². The quantitative estimate of drug-likeness (QED) is 0.880. The molecule has 27 heavy (non-hydrogen) atoms. The lowest BCUT2D eigenvalue weighted by molar-refractivity contribution is -0.130. The first-order valence-electron chi connectivity index (χ1n) is 8.77. The molecule has 0 fully saturated rings.